The van der Waals surface area contributed by atoms with Gasteiger partial charge in [-0.2, -0.15) is 5.10 Å². The third-order valence-electron chi connectivity index (χ3n) is 4.74. The van der Waals surface area contributed by atoms with Gasteiger partial charge in [0.25, 0.3) is 0 Å². The van der Waals surface area contributed by atoms with Gasteiger partial charge in [-0.15, -0.1) is 11.8 Å². The highest BCUT2D eigenvalue weighted by molar-refractivity contribution is 7.98. The molecule has 3 aromatic heterocycles. The van der Waals surface area contributed by atoms with E-state index in [1.165, 1.54) is 4.90 Å². The first-order chi connectivity index (χ1) is 12.7. The van der Waals surface area contributed by atoms with Gasteiger partial charge in [-0.3, -0.25) is 9.89 Å². The Hall–Kier alpha value is -2.80. The molecule has 1 fully saturated rings. The Kier molecular flexibility index (Phi) is 3.49. The minimum atomic E-state index is 0.0708. The van der Waals surface area contributed by atoms with Gasteiger partial charge in [0, 0.05) is 33.5 Å². The van der Waals surface area contributed by atoms with E-state index >= 15 is 0 Å². The molecule has 26 heavy (non-hydrogen) atoms. The second kappa shape index (κ2) is 5.88. The zero-order valence-electron chi connectivity index (χ0n) is 14.2. The predicted octanol–water partition coefficient (Wildman–Crippen LogP) is 3.95. The maximum absolute atomic E-state index is 12.0. The third kappa shape index (κ3) is 2.55. The van der Waals surface area contributed by atoms with Gasteiger partial charge < -0.3 is 9.72 Å². The van der Waals surface area contributed by atoms with Crippen molar-refractivity contribution in [2.24, 2.45) is 5.92 Å². The van der Waals surface area contributed by atoms with Crippen molar-refractivity contribution >= 4 is 40.0 Å². The fourth-order valence-corrected chi connectivity index (χ4v) is 3.88. The Labute approximate surface area is 154 Å². The maximum atomic E-state index is 12.0. The van der Waals surface area contributed by atoms with Gasteiger partial charge in [0.05, 0.1) is 17.9 Å². The van der Waals surface area contributed by atoms with Crippen LogP contribution in [-0.4, -0.2) is 31.7 Å². The van der Waals surface area contributed by atoms with E-state index in [1.807, 2.05) is 22.9 Å². The summed E-state index contributed by atoms with van der Waals surface area (Å²) in [6.07, 6.45) is 9.82. The summed E-state index contributed by atoms with van der Waals surface area (Å²) < 4.78 is 1.96. The summed E-state index contributed by atoms with van der Waals surface area (Å²) in [7, 11) is 0. The highest BCUT2D eigenvalue weighted by Crippen LogP contribution is 2.36. The number of hydrogen-bond donors (Lipinski definition) is 2. The van der Waals surface area contributed by atoms with Gasteiger partial charge in [-0.05, 0) is 43.4 Å². The molecule has 0 unspecified atom stereocenters. The number of fused-ring (bicyclic) bond motifs is 2. The summed E-state index contributed by atoms with van der Waals surface area (Å²) >= 11 is 1.71. The monoisotopic (exact) mass is 363 g/mol. The Balaban J connectivity index is 1.59. The number of aromatic amines is 1. The molecule has 1 aliphatic carbocycles. The van der Waals surface area contributed by atoms with Crippen LogP contribution >= 0.6 is 11.8 Å². The number of amides is 1. The van der Waals surface area contributed by atoms with E-state index in [0.717, 1.165) is 40.5 Å². The number of benzene rings is 1. The third-order valence-corrected chi connectivity index (χ3v) is 5.53. The lowest BCUT2D eigenvalue weighted by Gasteiger charge is -2.09. The molecule has 1 aromatic carbocycles. The summed E-state index contributed by atoms with van der Waals surface area (Å²) in [6.45, 7) is 0. The van der Waals surface area contributed by atoms with Gasteiger partial charge in [-0.1, -0.05) is 0 Å². The van der Waals surface area contributed by atoms with E-state index in [0.29, 0.717) is 5.82 Å². The molecule has 0 aliphatic heterocycles. The summed E-state index contributed by atoms with van der Waals surface area (Å²) in [5, 5.41) is 11.2. The molecule has 6 nitrogen and oxygen atoms in total. The summed E-state index contributed by atoms with van der Waals surface area (Å²) in [4.78, 5) is 17.7. The highest BCUT2D eigenvalue weighted by atomic mass is 32.2. The van der Waals surface area contributed by atoms with Crippen LogP contribution in [0, 0.1) is 5.92 Å². The molecule has 3 heterocycles. The number of rotatable bonds is 4. The number of anilines is 1. The quantitative estimate of drug-likeness (QED) is 0.539. The molecule has 0 atom stereocenters. The van der Waals surface area contributed by atoms with Crippen molar-refractivity contribution < 1.29 is 4.79 Å². The van der Waals surface area contributed by atoms with Crippen LogP contribution in [0.1, 0.15) is 12.8 Å². The number of hydrogen-bond acceptors (Lipinski definition) is 4. The first-order valence-electron chi connectivity index (χ1n) is 8.53. The molecule has 0 saturated heterocycles. The molecule has 1 amide bonds. The van der Waals surface area contributed by atoms with Crippen LogP contribution in [0.4, 0.5) is 5.82 Å². The van der Waals surface area contributed by atoms with E-state index < -0.39 is 0 Å². The van der Waals surface area contributed by atoms with E-state index in [-0.39, 0.29) is 11.8 Å². The summed E-state index contributed by atoms with van der Waals surface area (Å²) in [6, 6.07) is 8.21. The van der Waals surface area contributed by atoms with Gasteiger partial charge in [-0.25, -0.2) is 4.98 Å². The lowest BCUT2D eigenvalue weighted by atomic mass is 10.0. The van der Waals surface area contributed by atoms with Crippen molar-refractivity contribution in [3.05, 3.63) is 42.9 Å². The normalized spacial score (nSPS) is 14.2. The van der Waals surface area contributed by atoms with Crippen LogP contribution in [0.5, 0.6) is 0 Å². The second-order valence-electron chi connectivity index (χ2n) is 6.55. The van der Waals surface area contributed by atoms with Crippen molar-refractivity contribution in [2.45, 2.75) is 17.7 Å². The van der Waals surface area contributed by atoms with Crippen LogP contribution in [0.15, 0.2) is 47.8 Å². The van der Waals surface area contributed by atoms with Gasteiger partial charge in [0.1, 0.15) is 5.65 Å². The number of imidazole rings is 1. The molecule has 5 rings (SSSR count). The van der Waals surface area contributed by atoms with Crippen LogP contribution in [-0.2, 0) is 4.79 Å². The molecule has 0 bridgehead atoms. The minimum Gasteiger partial charge on any atom is -0.309 e. The molecular weight excluding hydrogens is 346 g/mol. The number of thioether (sulfide) groups is 1. The average molecular weight is 363 g/mol. The fourth-order valence-electron chi connectivity index (χ4n) is 3.24. The molecule has 1 saturated carbocycles. The topological polar surface area (TPSA) is 75.1 Å². The largest absolute Gasteiger partial charge is 0.309 e. The molecule has 0 radical (unpaired) electrons. The molecule has 130 valence electrons. The van der Waals surface area contributed by atoms with Crippen molar-refractivity contribution in [3.63, 3.8) is 0 Å². The summed E-state index contributed by atoms with van der Waals surface area (Å²) in [5.41, 5.74) is 4.07. The number of nitrogens with one attached hydrogen (secondary N) is 2. The SMILES string of the molecule is CSc1ccc2[nH]ncc2c1-c1ccc2nc(NC(=O)C3CC3)cn2c1. The van der Waals surface area contributed by atoms with E-state index in [4.69, 9.17) is 0 Å². The number of H-pyrrole nitrogens is 1. The first-order valence-corrected chi connectivity index (χ1v) is 9.75. The molecule has 0 spiro atoms. The van der Waals surface area contributed by atoms with Gasteiger partial charge in [0.15, 0.2) is 5.82 Å². The Morgan fingerprint density at radius 2 is 2.15 bits per heavy atom. The van der Waals surface area contributed by atoms with Gasteiger partial charge in [0.2, 0.25) is 5.91 Å². The number of pyridine rings is 1. The van der Waals surface area contributed by atoms with E-state index in [9.17, 15) is 4.79 Å². The molecule has 4 aromatic rings. The second-order valence-corrected chi connectivity index (χ2v) is 7.40. The molecule has 2 N–H and O–H groups in total. The predicted molar refractivity (Wildman–Crippen MR) is 103 cm³/mol. The zero-order chi connectivity index (χ0) is 17.7. The molecule has 7 heteroatoms. The average Bonchev–Trinajstić information content (AvgIpc) is 3.26. The number of nitrogens with zero attached hydrogens (tertiary/aromatic N) is 3. The van der Waals surface area contributed by atoms with Crippen molar-refractivity contribution in [3.8, 4) is 11.1 Å². The van der Waals surface area contributed by atoms with Crippen LogP contribution < -0.4 is 5.32 Å². The van der Waals surface area contributed by atoms with Crippen molar-refractivity contribution in [1.82, 2.24) is 19.6 Å². The van der Waals surface area contributed by atoms with Crippen molar-refractivity contribution in [2.75, 3.05) is 11.6 Å². The smallest absolute Gasteiger partial charge is 0.228 e. The number of carbonyl (C=O) groups is 1. The zero-order valence-corrected chi connectivity index (χ0v) is 15.0. The van der Waals surface area contributed by atoms with Gasteiger partial charge >= 0.3 is 0 Å². The van der Waals surface area contributed by atoms with E-state index in [1.54, 1.807) is 11.8 Å². The number of aromatic nitrogens is 4. The molecule has 1 aliphatic rings. The maximum Gasteiger partial charge on any atom is 0.228 e. The summed E-state index contributed by atoms with van der Waals surface area (Å²) in [5.74, 6) is 0.838. The fraction of sp³-hybridized carbons (Fsp3) is 0.211. The molecular formula is C19H17N5OS. The Morgan fingerprint density at radius 3 is 2.96 bits per heavy atom. The highest BCUT2D eigenvalue weighted by Gasteiger charge is 2.30. The van der Waals surface area contributed by atoms with Crippen LogP contribution in [0.3, 0.4) is 0 Å². The van der Waals surface area contributed by atoms with E-state index in [2.05, 4.69) is 51.1 Å². The Bertz CT molecular complexity index is 1140. The Morgan fingerprint density at radius 1 is 1.27 bits per heavy atom. The van der Waals surface area contributed by atoms with Crippen LogP contribution in [0.2, 0.25) is 0 Å². The minimum absolute atomic E-state index is 0.0708. The standard InChI is InChI=1S/C19H17N5OS/c1-26-15-6-5-14-13(8-20-23-14)18(15)12-4-7-17-21-16(10-24(17)9-12)22-19(25)11-2-3-11/h4-11H,2-3H2,1H3,(H,20,23)(H,22,25). The van der Waals surface area contributed by atoms with Crippen LogP contribution in [0.25, 0.3) is 27.7 Å². The lowest BCUT2D eigenvalue weighted by Crippen LogP contribution is -2.13. The first kappa shape index (κ1) is 15.5. The lowest BCUT2D eigenvalue weighted by molar-refractivity contribution is -0.117. The number of carbonyl (C=O) groups excluding carboxylic acids is 1. The van der Waals surface area contributed by atoms with Crippen molar-refractivity contribution in [1.29, 1.82) is 0 Å².